The van der Waals surface area contributed by atoms with Gasteiger partial charge in [-0.25, -0.2) is 22.8 Å². The number of ether oxygens (including phenoxy) is 1. The molecule has 0 aliphatic carbocycles. The van der Waals surface area contributed by atoms with Crippen molar-refractivity contribution in [1.29, 1.82) is 0 Å². The second-order valence-corrected chi connectivity index (χ2v) is 12.3. The van der Waals surface area contributed by atoms with Crippen molar-refractivity contribution in [3.05, 3.63) is 76.0 Å². The van der Waals surface area contributed by atoms with Crippen LogP contribution in [0.4, 0.5) is 31.9 Å². The molecule has 12 nitrogen and oxygen atoms in total. The summed E-state index contributed by atoms with van der Waals surface area (Å²) >= 11 is 0.892. The van der Waals surface area contributed by atoms with Crippen LogP contribution in [0.1, 0.15) is 24.8 Å². The van der Waals surface area contributed by atoms with Crippen molar-refractivity contribution in [3.63, 3.8) is 0 Å². The fourth-order valence-electron chi connectivity index (χ4n) is 4.47. The highest BCUT2D eigenvalue weighted by Gasteiger charge is 2.26. The SMILES string of the molecule is COc1c(Nc2cc[nH]n2)nc(Sc2ccc(S(=O)(=O)Cc3cccc([N+](=O)[O-])c3F)cc2F)nc1N1CCCCC1. The summed E-state index contributed by atoms with van der Waals surface area (Å²) in [5.74, 6) is -1.25. The van der Waals surface area contributed by atoms with Gasteiger partial charge in [-0.2, -0.15) is 9.49 Å². The Kier molecular flexibility index (Phi) is 8.54. The summed E-state index contributed by atoms with van der Waals surface area (Å²) in [6.45, 7) is 1.51. The number of methoxy groups -OCH3 is 1. The van der Waals surface area contributed by atoms with E-state index in [1.54, 1.807) is 12.3 Å². The van der Waals surface area contributed by atoms with Crippen molar-refractivity contribution in [2.24, 2.45) is 0 Å². The van der Waals surface area contributed by atoms with E-state index < -0.39 is 48.3 Å². The Bertz CT molecular complexity index is 1720. The summed E-state index contributed by atoms with van der Waals surface area (Å²) in [5, 5.41) is 21.1. The molecule has 16 heteroatoms. The molecular formula is C26H25F2N7O5S2. The van der Waals surface area contributed by atoms with Gasteiger partial charge in [0.25, 0.3) is 0 Å². The lowest BCUT2D eigenvalue weighted by Gasteiger charge is -2.29. The standard InChI is InChI=1S/C26H25F2N7O5S2/c1-40-23-24(30-21-10-11-29-33-21)31-26(32-25(23)34-12-3-2-4-13-34)41-20-9-8-17(14-18(20)27)42(38,39)15-16-6-5-7-19(22(16)28)35(36)37/h5-11,14H,2-4,12-13,15H2,1H3,(H2,29,30,31,32,33). The van der Waals surface area contributed by atoms with Crippen molar-refractivity contribution in [1.82, 2.24) is 20.2 Å². The van der Waals surface area contributed by atoms with Crippen molar-refractivity contribution in [3.8, 4) is 5.75 Å². The summed E-state index contributed by atoms with van der Waals surface area (Å²) in [4.78, 5) is 21.0. The maximum atomic E-state index is 15.3. The van der Waals surface area contributed by atoms with Crippen LogP contribution >= 0.6 is 11.8 Å². The minimum absolute atomic E-state index is 0.0518. The first-order valence-electron chi connectivity index (χ1n) is 12.8. The number of hydrogen-bond acceptors (Lipinski definition) is 11. The first-order valence-corrected chi connectivity index (χ1v) is 15.2. The molecular weight excluding hydrogens is 592 g/mol. The normalized spacial score (nSPS) is 13.6. The highest BCUT2D eigenvalue weighted by Crippen LogP contribution is 2.39. The molecule has 0 radical (unpaired) electrons. The molecule has 0 unspecified atom stereocenters. The highest BCUT2D eigenvalue weighted by molar-refractivity contribution is 7.99. The third kappa shape index (κ3) is 6.28. The molecule has 2 aromatic carbocycles. The van der Waals surface area contributed by atoms with E-state index in [2.05, 4.69) is 30.4 Å². The second kappa shape index (κ2) is 12.3. The molecule has 4 aromatic rings. The molecule has 0 spiro atoms. The molecule has 2 aromatic heterocycles. The van der Waals surface area contributed by atoms with E-state index >= 15 is 4.39 Å². The van der Waals surface area contributed by atoms with Crippen molar-refractivity contribution < 1.29 is 26.9 Å². The zero-order valence-electron chi connectivity index (χ0n) is 22.2. The third-order valence-electron chi connectivity index (χ3n) is 6.50. The first-order chi connectivity index (χ1) is 20.2. The average Bonchev–Trinajstić information content (AvgIpc) is 3.48. The molecule has 3 heterocycles. The fraction of sp³-hybridized carbons (Fsp3) is 0.269. The molecule has 1 aliphatic heterocycles. The molecule has 0 saturated carbocycles. The maximum absolute atomic E-state index is 15.3. The lowest BCUT2D eigenvalue weighted by Crippen LogP contribution is -2.31. The van der Waals surface area contributed by atoms with Crippen molar-refractivity contribution in [2.45, 2.75) is 40.0 Å². The summed E-state index contributed by atoms with van der Waals surface area (Å²) in [6.07, 6.45) is 4.68. The van der Waals surface area contributed by atoms with Crippen LogP contribution in [0.25, 0.3) is 0 Å². The van der Waals surface area contributed by atoms with Gasteiger partial charge in [0.1, 0.15) is 5.82 Å². The van der Waals surface area contributed by atoms with E-state index in [0.717, 1.165) is 62.3 Å². The number of nitro benzene ring substituents is 1. The van der Waals surface area contributed by atoms with Gasteiger partial charge in [-0.05, 0) is 49.2 Å². The Morgan fingerprint density at radius 2 is 1.93 bits per heavy atom. The lowest BCUT2D eigenvalue weighted by molar-refractivity contribution is -0.387. The summed E-state index contributed by atoms with van der Waals surface area (Å²) in [6, 6.07) is 8.24. The molecule has 2 N–H and O–H groups in total. The van der Waals surface area contributed by atoms with Crippen LogP contribution in [0, 0.1) is 21.7 Å². The molecule has 0 bridgehead atoms. The van der Waals surface area contributed by atoms with Gasteiger partial charge in [0, 0.05) is 37.0 Å². The van der Waals surface area contributed by atoms with Crippen LogP contribution in [0.2, 0.25) is 0 Å². The molecule has 1 saturated heterocycles. The number of nitrogens with one attached hydrogen (secondary N) is 2. The second-order valence-electron chi connectivity index (χ2n) is 9.30. The number of halogens is 2. The largest absolute Gasteiger partial charge is 0.490 e. The lowest BCUT2D eigenvalue weighted by atomic mass is 10.1. The number of aromatic amines is 1. The first kappa shape index (κ1) is 29.2. The van der Waals surface area contributed by atoms with E-state index in [1.807, 2.05) is 0 Å². The van der Waals surface area contributed by atoms with Crippen LogP contribution in [-0.2, 0) is 15.6 Å². The van der Waals surface area contributed by atoms with E-state index in [9.17, 15) is 22.9 Å². The Morgan fingerprint density at radius 3 is 2.60 bits per heavy atom. The van der Waals surface area contributed by atoms with Gasteiger partial charge in [0.15, 0.2) is 32.4 Å². The number of H-pyrrole nitrogens is 1. The number of nitro groups is 1. The molecule has 5 rings (SSSR count). The number of aromatic nitrogens is 4. The minimum Gasteiger partial charge on any atom is -0.490 e. The maximum Gasteiger partial charge on any atom is 0.305 e. The summed E-state index contributed by atoms with van der Waals surface area (Å²) < 4.78 is 61.4. The van der Waals surface area contributed by atoms with E-state index in [1.165, 1.54) is 25.3 Å². The minimum atomic E-state index is -4.24. The molecule has 220 valence electrons. The third-order valence-corrected chi connectivity index (χ3v) is 9.08. The smallest absolute Gasteiger partial charge is 0.305 e. The van der Waals surface area contributed by atoms with Crippen LogP contribution < -0.4 is 15.0 Å². The van der Waals surface area contributed by atoms with Gasteiger partial charge in [0.05, 0.1) is 27.6 Å². The zero-order chi connectivity index (χ0) is 29.9. The molecule has 1 aliphatic rings. The number of hydrogen-bond donors (Lipinski definition) is 2. The quantitative estimate of drug-likeness (QED) is 0.136. The number of rotatable bonds is 10. The topological polar surface area (TPSA) is 156 Å². The Hall–Kier alpha value is -4.31. The molecule has 1 fully saturated rings. The van der Waals surface area contributed by atoms with Gasteiger partial charge in [-0.15, -0.1) is 0 Å². The monoisotopic (exact) mass is 617 g/mol. The summed E-state index contributed by atoms with van der Waals surface area (Å²) in [5.41, 5.74) is -1.23. The highest BCUT2D eigenvalue weighted by atomic mass is 32.2. The predicted octanol–water partition coefficient (Wildman–Crippen LogP) is 5.25. The Morgan fingerprint density at radius 1 is 1.14 bits per heavy atom. The predicted molar refractivity (Wildman–Crippen MR) is 151 cm³/mol. The number of piperidine rings is 1. The fourth-order valence-corrected chi connectivity index (χ4v) is 6.59. The van der Waals surface area contributed by atoms with Crippen molar-refractivity contribution >= 4 is 44.7 Å². The van der Waals surface area contributed by atoms with Crippen LogP contribution in [0.5, 0.6) is 5.75 Å². The average molecular weight is 618 g/mol. The van der Waals surface area contributed by atoms with Gasteiger partial charge in [-0.1, -0.05) is 12.1 Å². The van der Waals surface area contributed by atoms with Gasteiger partial charge >= 0.3 is 5.69 Å². The van der Waals surface area contributed by atoms with E-state index in [4.69, 9.17) is 4.74 Å². The van der Waals surface area contributed by atoms with Gasteiger partial charge < -0.3 is 15.0 Å². The van der Waals surface area contributed by atoms with Gasteiger partial charge in [-0.3, -0.25) is 15.2 Å². The molecule has 42 heavy (non-hydrogen) atoms. The Labute approximate surface area is 243 Å². The van der Waals surface area contributed by atoms with E-state index in [0.29, 0.717) is 23.2 Å². The number of sulfone groups is 1. The van der Waals surface area contributed by atoms with Crippen LogP contribution in [0.15, 0.2) is 63.6 Å². The van der Waals surface area contributed by atoms with Crippen LogP contribution in [-0.4, -0.2) is 53.7 Å². The van der Waals surface area contributed by atoms with Gasteiger partial charge in [0.2, 0.25) is 11.6 Å². The number of benzene rings is 2. The number of nitrogens with zero attached hydrogens (tertiary/aromatic N) is 5. The molecule has 0 atom stereocenters. The zero-order valence-corrected chi connectivity index (χ0v) is 23.8. The van der Waals surface area contributed by atoms with E-state index in [-0.39, 0.29) is 10.1 Å². The molecule has 0 amide bonds. The number of anilines is 3. The van der Waals surface area contributed by atoms with Crippen LogP contribution in [0.3, 0.4) is 0 Å². The Balaban J connectivity index is 1.45. The summed E-state index contributed by atoms with van der Waals surface area (Å²) in [7, 11) is -2.74. The van der Waals surface area contributed by atoms with Crippen molar-refractivity contribution in [2.75, 3.05) is 30.4 Å².